The van der Waals surface area contributed by atoms with Gasteiger partial charge >= 0.3 is 0 Å². The second-order valence-electron chi connectivity index (χ2n) is 8.13. The lowest BCUT2D eigenvalue weighted by atomic mass is 10.1. The highest BCUT2D eigenvalue weighted by Crippen LogP contribution is 2.30. The summed E-state index contributed by atoms with van der Waals surface area (Å²) in [6.07, 6.45) is 0. The standard InChI is InChI=1S/C24H25N5OS/c1-16-4-6-19(7-5-16)23(30)28-12-10-27(11-13-28)20-8-9-21-22(15-20)31-24(25-21)29-18(3)14-17(2)26-29/h4-9,14-15H,10-13H2,1-3H3. The van der Waals surface area contributed by atoms with Crippen LogP contribution in [0.2, 0.25) is 0 Å². The van der Waals surface area contributed by atoms with Crippen LogP contribution in [-0.4, -0.2) is 51.8 Å². The number of fused-ring (bicyclic) bond motifs is 1. The highest BCUT2D eigenvalue weighted by Gasteiger charge is 2.22. The summed E-state index contributed by atoms with van der Waals surface area (Å²) in [6.45, 7) is 9.19. The smallest absolute Gasteiger partial charge is 0.253 e. The maximum atomic E-state index is 12.8. The molecule has 5 rings (SSSR count). The summed E-state index contributed by atoms with van der Waals surface area (Å²) in [4.78, 5) is 21.9. The first kappa shape index (κ1) is 19.8. The van der Waals surface area contributed by atoms with E-state index in [1.807, 2.05) is 47.7 Å². The van der Waals surface area contributed by atoms with Gasteiger partial charge in [-0.15, -0.1) is 0 Å². The Hall–Kier alpha value is -3.19. The van der Waals surface area contributed by atoms with Crippen LogP contribution in [0.5, 0.6) is 0 Å². The van der Waals surface area contributed by atoms with Crippen LogP contribution in [0.15, 0.2) is 48.5 Å². The molecule has 0 spiro atoms. The second-order valence-corrected chi connectivity index (χ2v) is 9.14. The first-order chi connectivity index (χ1) is 15.0. The number of aromatic nitrogens is 3. The Morgan fingerprint density at radius 1 is 0.935 bits per heavy atom. The molecule has 0 N–H and O–H groups in total. The zero-order chi connectivity index (χ0) is 21.5. The molecule has 6 nitrogen and oxygen atoms in total. The molecule has 1 amide bonds. The number of carbonyl (C=O) groups excluding carboxylic acids is 1. The monoisotopic (exact) mass is 431 g/mol. The summed E-state index contributed by atoms with van der Waals surface area (Å²) in [5.41, 5.74) is 6.19. The first-order valence-electron chi connectivity index (χ1n) is 10.5. The summed E-state index contributed by atoms with van der Waals surface area (Å²) in [5.74, 6) is 0.118. The molecule has 1 aliphatic rings. The Morgan fingerprint density at radius 3 is 2.35 bits per heavy atom. The maximum absolute atomic E-state index is 12.8. The molecule has 0 radical (unpaired) electrons. The van der Waals surface area contributed by atoms with E-state index in [1.54, 1.807) is 11.3 Å². The van der Waals surface area contributed by atoms with Gasteiger partial charge in [0.05, 0.1) is 15.9 Å². The van der Waals surface area contributed by atoms with Crippen molar-refractivity contribution in [3.63, 3.8) is 0 Å². The molecule has 31 heavy (non-hydrogen) atoms. The van der Waals surface area contributed by atoms with Crippen LogP contribution in [0.4, 0.5) is 5.69 Å². The Balaban J connectivity index is 1.31. The summed E-state index contributed by atoms with van der Waals surface area (Å²) in [5, 5.41) is 5.45. The molecule has 0 aliphatic carbocycles. The number of hydrogen-bond acceptors (Lipinski definition) is 5. The Labute approximate surface area is 185 Å². The molecule has 2 aromatic heterocycles. The van der Waals surface area contributed by atoms with Gasteiger partial charge in [-0.1, -0.05) is 29.0 Å². The Bertz CT molecular complexity index is 1250. The van der Waals surface area contributed by atoms with Crippen LogP contribution in [0.25, 0.3) is 15.3 Å². The first-order valence-corrected chi connectivity index (χ1v) is 11.3. The van der Waals surface area contributed by atoms with Gasteiger partial charge in [0.1, 0.15) is 0 Å². The van der Waals surface area contributed by atoms with Crippen molar-refractivity contribution in [3.05, 3.63) is 71.0 Å². The van der Waals surface area contributed by atoms with E-state index in [4.69, 9.17) is 4.98 Å². The van der Waals surface area contributed by atoms with Gasteiger partial charge in [0.25, 0.3) is 5.91 Å². The third-order valence-electron chi connectivity index (χ3n) is 5.78. The minimum absolute atomic E-state index is 0.118. The molecule has 4 aromatic rings. The third-order valence-corrected chi connectivity index (χ3v) is 6.78. The summed E-state index contributed by atoms with van der Waals surface area (Å²) in [7, 11) is 0. The lowest BCUT2D eigenvalue weighted by Crippen LogP contribution is -2.48. The van der Waals surface area contributed by atoms with Crippen molar-refractivity contribution < 1.29 is 4.79 Å². The number of anilines is 1. The molecule has 2 aromatic carbocycles. The number of benzene rings is 2. The molecule has 0 unspecified atom stereocenters. The normalized spacial score (nSPS) is 14.4. The molecular formula is C24H25N5OS. The van der Waals surface area contributed by atoms with Crippen molar-refractivity contribution in [2.45, 2.75) is 20.8 Å². The van der Waals surface area contributed by atoms with Gasteiger partial charge < -0.3 is 9.80 Å². The summed E-state index contributed by atoms with van der Waals surface area (Å²) < 4.78 is 3.06. The van der Waals surface area contributed by atoms with Crippen LogP contribution in [0, 0.1) is 20.8 Å². The molecule has 1 saturated heterocycles. The van der Waals surface area contributed by atoms with E-state index in [0.29, 0.717) is 0 Å². The third kappa shape index (κ3) is 3.81. The van der Waals surface area contributed by atoms with Gasteiger partial charge in [0.15, 0.2) is 0 Å². The lowest BCUT2D eigenvalue weighted by molar-refractivity contribution is 0.0747. The number of piperazine rings is 1. The fraction of sp³-hybridized carbons (Fsp3) is 0.292. The quantitative estimate of drug-likeness (QED) is 0.483. The van der Waals surface area contributed by atoms with Gasteiger partial charge in [0.2, 0.25) is 5.13 Å². The number of thiazole rings is 1. The predicted octanol–water partition coefficient (Wildman–Crippen LogP) is 4.37. The number of amides is 1. The molecule has 1 aliphatic heterocycles. The van der Waals surface area contributed by atoms with E-state index in [2.05, 4.69) is 41.2 Å². The maximum Gasteiger partial charge on any atom is 0.253 e. The van der Waals surface area contributed by atoms with E-state index in [0.717, 1.165) is 58.5 Å². The van der Waals surface area contributed by atoms with E-state index in [9.17, 15) is 4.79 Å². The zero-order valence-corrected chi connectivity index (χ0v) is 18.8. The predicted molar refractivity (Wildman–Crippen MR) is 126 cm³/mol. The molecule has 158 valence electrons. The second kappa shape index (κ2) is 7.81. The molecule has 0 bridgehead atoms. The highest BCUT2D eigenvalue weighted by atomic mass is 32.1. The van der Waals surface area contributed by atoms with Crippen LogP contribution < -0.4 is 4.90 Å². The molecule has 3 heterocycles. The van der Waals surface area contributed by atoms with Gasteiger partial charge in [-0.05, 0) is 57.2 Å². The fourth-order valence-corrected chi connectivity index (χ4v) is 5.07. The molecule has 0 saturated carbocycles. The van der Waals surface area contributed by atoms with E-state index in [1.165, 1.54) is 11.3 Å². The van der Waals surface area contributed by atoms with Crippen LogP contribution in [-0.2, 0) is 0 Å². The number of aryl methyl sites for hydroxylation is 3. The number of nitrogens with zero attached hydrogens (tertiary/aromatic N) is 5. The van der Waals surface area contributed by atoms with Gasteiger partial charge in [0, 0.05) is 43.1 Å². The van der Waals surface area contributed by atoms with Gasteiger partial charge in [-0.2, -0.15) is 5.10 Å². The number of rotatable bonds is 3. The Morgan fingerprint density at radius 2 is 1.68 bits per heavy atom. The van der Waals surface area contributed by atoms with Gasteiger partial charge in [-0.25, -0.2) is 9.67 Å². The number of hydrogen-bond donors (Lipinski definition) is 0. The lowest BCUT2D eigenvalue weighted by Gasteiger charge is -2.36. The van der Waals surface area contributed by atoms with E-state index < -0.39 is 0 Å². The minimum atomic E-state index is 0.118. The van der Waals surface area contributed by atoms with Gasteiger partial charge in [-0.3, -0.25) is 4.79 Å². The van der Waals surface area contributed by atoms with Crippen molar-refractivity contribution in [3.8, 4) is 5.13 Å². The van der Waals surface area contributed by atoms with Crippen LogP contribution in [0.1, 0.15) is 27.3 Å². The average Bonchev–Trinajstić information content (AvgIpc) is 3.35. The summed E-state index contributed by atoms with van der Waals surface area (Å²) >= 11 is 1.66. The minimum Gasteiger partial charge on any atom is -0.368 e. The highest BCUT2D eigenvalue weighted by molar-refractivity contribution is 7.20. The van der Waals surface area contributed by atoms with Crippen LogP contribution >= 0.6 is 11.3 Å². The van der Waals surface area contributed by atoms with Crippen LogP contribution in [0.3, 0.4) is 0 Å². The Kier molecular flexibility index (Phi) is 4.98. The molecule has 0 atom stereocenters. The number of carbonyl (C=O) groups is 1. The molecule has 1 fully saturated rings. The molecule has 7 heteroatoms. The SMILES string of the molecule is Cc1ccc(C(=O)N2CCN(c3ccc4nc(-n5nc(C)cc5C)sc4c3)CC2)cc1. The molecular weight excluding hydrogens is 406 g/mol. The fourth-order valence-electron chi connectivity index (χ4n) is 4.06. The topological polar surface area (TPSA) is 54.3 Å². The van der Waals surface area contributed by atoms with Crippen molar-refractivity contribution in [2.24, 2.45) is 0 Å². The van der Waals surface area contributed by atoms with Crippen molar-refractivity contribution in [2.75, 3.05) is 31.1 Å². The van der Waals surface area contributed by atoms with Crippen molar-refractivity contribution in [1.82, 2.24) is 19.7 Å². The zero-order valence-electron chi connectivity index (χ0n) is 18.0. The summed E-state index contributed by atoms with van der Waals surface area (Å²) in [6, 6.07) is 16.3. The van der Waals surface area contributed by atoms with Crippen molar-refractivity contribution in [1.29, 1.82) is 0 Å². The van der Waals surface area contributed by atoms with E-state index >= 15 is 0 Å². The van der Waals surface area contributed by atoms with Crippen molar-refractivity contribution >= 4 is 33.1 Å². The van der Waals surface area contributed by atoms with E-state index in [-0.39, 0.29) is 5.91 Å². The largest absolute Gasteiger partial charge is 0.368 e. The average molecular weight is 432 g/mol.